The highest BCUT2D eigenvalue weighted by atomic mass is 79.9. The molecule has 0 aliphatic heterocycles. The van der Waals surface area contributed by atoms with Crippen LogP contribution in [0.2, 0.25) is 0 Å². The van der Waals surface area contributed by atoms with E-state index in [0.717, 1.165) is 6.42 Å². The predicted octanol–water partition coefficient (Wildman–Crippen LogP) is 4.21. The Balaban J connectivity index is 1.90. The molecule has 0 N–H and O–H groups in total. The summed E-state index contributed by atoms with van der Waals surface area (Å²) in [6.45, 7) is 0.542. The third kappa shape index (κ3) is 3.86. The second-order valence-electron chi connectivity index (χ2n) is 3.69. The molecule has 2 aromatic rings. The molecule has 0 atom stereocenters. The van der Waals surface area contributed by atoms with E-state index in [1.807, 2.05) is 30.3 Å². The van der Waals surface area contributed by atoms with Gasteiger partial charge < -0.3 is 4.74 Å². The first-order chi connectivity index (χ1) is 8.24. The minimum Gasteiger partial charge on any atom is -0.493 e. The van der Waals surface area contributed by atoms with Gasteiger partial charge in [0.2, 0.25) is 0 Å². The van der Waals surface area contributed by atoms with E-state index in [4.69, 9.17) is 4.74 Å². The van der Waals surface area contributed by atoms with Gasteiger partial charge in [0.15, 0.2) is 0 Å². The maximum Gasteiger partial charge on any atom is 0.128 e. The van der Waals surface area contributed by atoms with E-state index in [-0.39, 0.29) is 5.82 Å². The second kappa shape index (κ2) is 5.82. The van der Waals surface area contributed by atoms with E-state index < -0.39 is 0 Å². The van der Waals surface area contributed by atoms with Crippen LogP contribution < -0.4 is 4.74 Å². The van der Waals surface area contributed by atoms with Crippen molar-refractivity contribution in [2.75, 3.05) is 6.61 Å². The Kier molecular flexibility index (Phi) is 4.15. The number of halogens is 2. The van der Waals surface area contributed by atoms with Gasteiger partial charge in [0.1, 0.15) is 11.6 Å². The minimum absolute atomic E-state index is 0.297. The van der Waals surface area contributed by atoms with Gasteiger partial charge in [0.25, 0.3) is 0 Å². The lowest BCUT2D eigenvalue weighted by atomic mass is 10.2. The fourth-order valence-corrected chi connectivity index (χ4v) is 1.99. The molecule has 0 saturated carbocycles. The zero-order valence-electron chi connectivity index (χ0n) is 9.20. The molecule has 0 aliphatic rings. The van der Waals surface area contributed by atoms with E-state index >= 15 is 0 Å². The van der Waals surface area contributed by atoms with Crippen molar-refractivity contribution < 1.29 is 9.13 Å². The average Bonchev–Trinajstić information content (AvgIpc) is 2.29. The van der Waals surface area contributed by atoms with Crippen molar-refractivity contribution in [2.45, 2.75) is 6.42 Å². The van der Waals surface area contributed by atoms with Gasteiger partial charge in [0.05, 0.1) is 6.61 Å². The summed E-state index contributed by atoms with van der Waals surface area (Å²) in [5.41, 5.74) is 1.21. The molecule has 2 aromatic carbocycles. The molecule has 0 unspecified atom stereocenters. The summed E-state index contributed by atoms with van der Waals surface area (Å²) in [6, 6.07) is 14.6. The van der Waals surface area contributed by atoms with Crippen LogP contribution in [0.25, 0.3) is 0 Å². The van der Waals surface area contributed by atoms with Gasteiger partial charge in [-0.3, -0.25) is 0 Å². The van der Waals surface area contributed by atoms with Gasteiger partial charge in [-0.05, 0) is 17.7 Å². The summed E-state index contributed by atoms with van der Waals surface area (Å²) in [5.74, 6) is 0.252. The third-order valence-electron chi connectivity index (χ3n) is 2.34. The molecule has 1 nitrogen and oxygen atoms in total. The Morgan fingerprint density at radius 3 is 2.53 bits per heavy atom. The summed E-state index contributed by atoms with van der Waals surface area (Å²) in [6.07, 6.45) is 0.814. The Hall–Kier alpha value is -1.35. The maximum absolute atomic E-state index is 13.1. The monoisotopic (exact) mass is 294 g/mol. The van der Waals surface area contributed by atoms with Gasteiger partial charge >= 0.3 is 0 Å². The molecule has 0 aromatic heterocycles. The van der Waals surface area contributed by atoms with Crippen LogP contribution in [0.4, 0.5) is 4.39 Å². The molecular weight excluding hydrogens is 283 g/mol. The molecule has 0 heterocycles. The van der Waals surface area contributed by atoms with Gasteiger partial charge in [-0.15, -0.1) is 0 Å². The summed E-state index contributed by atoms with van der Waals surface area (Å²) >= 11 is 3.23. The van der Waals surface area contributed by atoms with Crippen LogP contribution in [0.3, 0.4) is 0 Å². The van der Waals surface area contributed by atoms with Gasteiger partial charge in [-0.25, -0.2) is 4.39 Å². The van der Waals surface area contributed by atoms with Gasteiger partial charge in [-0.2, -0.15) is 0 Å². The molecule has 0 fully saturated rings. The molecule has 2 rings (SSSR count). The molecule has 0 amide bonds. The smallest absolute Gasteiger partial charge is 0.128 e. The summed E-state index contributed by atoms with van der Waals surface area (Å²) in [4.78, 5) is 0. The summed E-state index contributed by atoms with van der Waals surface area (Å²) < 4.78 is 19.3. The quantitative estimate of drug-likeness (QED) is 0.821. The van der Waals surface area contributed by atoms with E-state index in [2.05, 4.69) is 15.9 Å². The van der Waals surface area contributed by atoms with Crippen molar-refractivity contribution in [1.82, 2.24) is 0 Å². The van der Waals surface area contributed by atoms with Crippen molar-refractivity contribution in [2.24, 2.45) is 0 Å². The average molecular weight is 295 g/mol. The Morgan fingerprint density at radius 2 is 1.82 bits per heavy atom. The highest BCUT2D eigenvalue weighted by Crippen LogP contribution is 2.20. The van der Waals surface area contributed by atoms with Crippen LogP contribution in [-0.4, -0.2) is 6.61 Å². The third-order valence-corrected chi connectivity index (χ3v) is 2.80. The van der Waals surface area contributed by atoms with Crippen LogP contribution >= 0.6 is 15.9 Å². The topological polar surface area (TPSA) is 9.23 Å². The first kappa shape index (κ1) is 12.1. The fraction of sp³-hybridized carbons (Fsp3) is 0.143. The van der Waals surface area contributed by atoms with E-state index in [1.165, 1.54) is 17.7 Å². The second-order valence-corrected chi connectivity index (χ2v) is 4.60. The highest BCUT2D eigenvalue weighted by molar-refractivity contribution is 9.10. The van der Waals surface area contributed by atoms with Gasteiger partial charge in [0, 0.05) is 17.0 Å². The van der Waals surface area contributed by atoms with Crippen LogP contribution in [0.1, 0.15) is 5.56 Å². The molecule has 0 radical (unpaired) electrons. The lowest BCUT2D eigenvalue weighted by Crippen LogP contribution is -2.01. The largest absolute Gasteiger partial charge is 0.493 e. The maximum atomic E-state index is 13.1. The summed E-state index contributed by atoms with van der Waals surface area (Å²) in [5, 5.41) is 0. The van der Waals surface area contributed by atoms with E-state index in [1.54, 1.807) is 6.07 Å². The SMILES string of the molecule is Fc1cc(Br)cc(OCCc2ccccc2)c1. The molecule has 0 aliphatic carbocycles. The number of hydrogen-bond acceptors (Lipinski definition) is 1. The molecule has 88 valence electrons. The van der Waals surface area contributed by atoms with Crippen LogP contribution in [-0.2, 0) is 6.42 Å². The fourth-order valence-electron chi connectivity index (χ4n) is 1.54. The predicted molar refractivity (Wildman–Crippen MR) is 69.7 cm³/mol. The minimum atomic E-state index is -0.297. The number of ether oxygens (including phenoxy) is 1. The van der Waals surface area contributed by atoms with E-state index in [0.29, 0.717) is 16.8 Å². The first-order valence-electron chi connectivity index (χ1n) is 5.37. The van der Waals surface area contributed by atoms with Crippen molar-refractivity contribution in [1.29, 1.82) is 0 Å². The number of rotatable bonds is 4. The lowest BCUT2D eigenvalue weighted by molar-refractivity contribution is 0.320. The van der Waals surface area contributed by atoms with Gasteiger partial charge in [-0.1, -0.05) is 46.3 Å². The standard InChI is InChI=1S/C14H12BrFO/c15-12-8-13(16)10-14(9-12)17-7-6-11-4-2-1-3-5-11/h1-5,8-10H,6-7H2. The van der Waals surface area contributed by atoms with Crippen molar-refractivity contribution in [3.63, 3.8) is 0 Å². The zero-order valence-corrected chi connectivity index (χ0v) is 10.8. The van der Waals surface area contributed by atoms with Crippen molar-refractivity contribution in [3.8, 4) is 5.75 Å². The summed E-state index contributed by atoms with van der Waals surface area (Å²) in [7, 11) is 0. The molecule has 17 heavy (non-hydrogen) atoms. The number of hydrogen-bond donors (Lipinski definition) is 0. The molecular formula is C14H12BrFO. The molecule has 3 heteroatoms. The normalized spacial score (nSPS) is 10.2. The van der Waals surface area contributed by atoms with Crippen molar-refractivity contribution in [3.05, 3.63) is 64.4 Å². The Labute approximate surface area is 108 Å². The Bertz CT molecular complexity index is 465. The van der Waals surface area contributed by atoms with E-state index in [9.17, 15) is 4.39 Å². The molecule has 0 spiro atoms. The van der Waals surface area contributed by atoms with Crippen LogP contribution in [0, 0.1) is 5.82 Å². The molecule has 0 saturated heterocycles. The Morgan fingerprint density at radius 1 is 1.06 bits per heavy atom. The molecule has 0 bridgehead atoms. The number of benzene rings is 2. The highest BCUT2D eigenvalue weighted by Gasteiger charge is 2.00. The zero-order chi connectivity index (χ0) is 12.1. The van der Waals surface area contributed by atoms with Crippen LogP contribution in [0.15, 0.2) is 53.0 Å². The van der Waals surface area contributed by atoms with Crippen molar-refractivity contribution >= 4 is 15.9 Å². The first-order valence-corrected chi connectivity index (χ1v) is 6.16. The van der Waals surface area contributed by atoms with Crippen LogP contribution in [0.5, 0.6) is 5.75 Å². The lowest BCUT2D eigenvalue weighted by Gasteiger charge is -2.06.